The van der Waals surface area contributed by atoms with Crippen LogP contribution in [0.4, 0.5) is 0 Å². The minimum Gasteiger partial charge on any atom is -0.143 e. The maximum Gasteiger partial charge on any atom is 0.0185 e. The van der Waals surface area contributed by atoms with Crippen molar-refractivity contribution in [2.45, 2.75) is 29.4 Å². The molecule has 0 N–H and O–H groups in total. The molecule has 0 fully saturated rings. The highest BCUT2D eigenvalue weighted by atomic mass is 32.1. The van der Waals surface area contributed by atoms with Gasteiger partial charge in [0.05, 0.1) is 0 Å². The van der Waals surface area contributed by atoms with Gasteiger partial charge in [0, 0.05) is 29.4 Å². The highest BCUT2D eigenvalue weighted by Crippen LogP contribution is 2.20. The zero-order valence-electron chi connectivity index (χ0n) is 9.15. The summed E-state index contributed by atoms with van der Waals surface area (Å²) in [6.45, 7) is 0. The summed E-state index contributed by atoms with van der Waals surface area (Å²) < 4.78 is 0. The molecule has 96 valence electrons. The molecule has 0 saturated carbocycles. The number of hydrogen-bond acceptors (Lipinski definition) is 6. The van der Waals surface area contributed by atoms with E-state index in [1.54, 1.807) is 0 Å². The van der Waals surface area contributed by atoms with Crippen LogP contribution in [0.3, 0.4) is 0 Å². The first-order chi connectivity index (χ1) is 8.38. The Bertz CT molecular complexity index is 488. The van der Waals surface area contributed by atoms with Crippen LogP contribution in [0, 0.1) is 0 Å². The SMILES string of the molecule is Sc1cc(S)cc(S)c1.Sc1ccc(S)c(S)c1. The number of thiol groups is 6. The minimum atomic E-state index is 0.867. The Morgan fingerprint density at radius 3 is 1.22 bits per heavy atom. The average molecular weight is 349 g/mol. The molecule has 0 spiro atoms. The fourth-order valence-electron chi connectivity index (χ4n) is 1.09. The molecule has 0 aliphatic rings. The summed E-state index contributed by atoms with van der Waals surface area (Å²) in [5.74, 6) is 0. The molecule has 2 aromatic rings. The highest BCUT2D eigenvalue weighted by Gasteiger charge is 1.91. The minimum absolute atomic E-state index is 0.867. The van der Waals surface area contributed by atoms with Gasteiger partial charge in [-0.3, -0.25) is 0 Å². The van der Waals surface area contributed by atoms with Gasteiger partial charge in [-0.05, 0) is 36.4 Å². The highest BCUT2D eigenvalue weighted by molar-refractivity contribution is 7.83. The first kappa shape index (κ1) is 16.6. The Hall–Kier alpha value is 0.540. The Balaban J connectivity index is 0.000000180. The van der Waals surface area contributed by atoms with Crippen molar-refractivity contribution in [3.05, 3.63) is 36.4 Å². The summed E-state index contributed by atoms with van der Waals surface area (Å²) >= 11 is 24.8. The summed E-state index contributed by atoms with van der Waals surface area (Å²) in [5, 5.41) is 0. The van der Waals surface area contributed by atoms with E-state index in [0.29, 0.717) is 0 Å². The maximum atomic E-state index is 4.14. The second kappa shape index (κ2) is 7.97. The Morgan fingerprint density at radius 1 is 0.444 bits per heavy atom. The third kappa shape index (κ3) is 6.12. The standard InChI is InChI=1S/2C6H6S3/c7-4-1-5(8)3-6(9)2-4;7-4-1-2-5(8)6(9)3-4/h2*1-3,7-9H. The van der Waals surface area contributed by atoms with Crippen LogP contribution in [-0.4, -0.2) is 0 Å². The van der Waals surface area contributed by atoms with Crippen molar-refractivity contribution in [2.75, 3.05) is 0 Å². The van der Waals surface area contributed by atoms with Crippen LogP contribution >= 0.6 is 75.8 Å². The van der Waals surface area contributed by atoms with Crippen LogP contribution in [0.5, 0.6) is 0 Å². The molecule has 0 radical (unpaired) electrons. The molecule has 0 unspecified atom stereocenters. The van der Waals surface area contributed by atoms with Crippen LogP contribution < -0.4 is 0 Å². The maximum absolute atomic E-state index is 4.14. The lowest BCUT2D eigenvalue weighted by Gasteiger charge is -1.96. The van der Waals surface area contributed by atoms with Gasteiger partial charge in [0.25, 0.3) is 0 Å². The van der Waals surface area contributed by atoms with Gasteiger partial charge < -0.3 is 0 Å². The largest absolute Gasteiger partial charge is 0.143 e. The molecule has 0 heterocycles. The number of hydrogen-bond donors (Lipinski definition) is 6. The normalized spacial score (nSPS) is 9.67. The van der Waals surface area contributed by atoms with E-state index in [2.05, 4.69) is 75.8 Å². The molecule has 0 nitrogen and oxygen atoms in total. The van der Waals surface area contributed by atoms with Crippen molar-refractivity contribution < 1.29 is 0 Å². The van der Waals surface area contributed by atoms with E-state index in [-0.39, 0.29) is 0 Å². The third-order valence-electron chi connectivity index (χ3n) is 1.85. The molecule has 2 rings (SSSR count). The van der Waals surface area contributed by atoms with Crippen LogP contribution in [0.1, 0.15) is 0 Å². The lowest BCUT2D eigenvalue weighted by atomic mass is 10.4. The summed E-state index contributed by atoms with van der Waals surface area (Å²) in [5.41, 5.74) is 0. The van der Waals surface area contributed by atoms with Gasteiger partial charge in [-0.15, -0.1) is 75.8 Å². The second-order valence-corrected chi connectivity index (χ2v) is 6.41. The van der Waals surface area contributed by atoms with Crippen molar-refractivity contribution in [1.29, 1.82) is 0 Å². The van der Waals surface area contributed by atoms with Crippen LogP contribution in [0.2, 0.25) is 0 Å². The lowest BCUT2D eigenvalue weighted by Crippen LogP contribution is -1.69. The zero-order chi connectivity index (χ0) is 13.7. The predicted molar refractivity (Wildman–Crippen MR) is 96.4 cm³/mol. The average Bonchev–Trinajstić information content (AvgIpc) is 2.23. The van der Waals surface area contributed by atoms with Crippen LogP contribution in [0.15, 0.2) is 65.8 Å². The van der Waals surface area contributed by atoms with Gasteiger partial charge in [0.15, 0.2) is 0 Å². The van der Waals surface area contributed by atoms with Gasteiger partial charge in [-0.1, -0.05) is 0 Å². The topological polar surface area (TPSA) is 0 Å². The van der Waals surface area contributed by atoms with Gasteiger partial charge in [-0.25, -0.2) is 0 Å². The summed E-state index contributed by atoms with van der Waals surface area (Å²) in [6.07, 6.45) is 0. The van der Waals surface area contributed by atoms with Crippen LogP contribution in [-0.2, 0) is 0 Å². The molecule has 0 aliphatic carbocycles. The first-order valence-corrected chi connectivity index (χ1v) is 7.50. The Kier molecular flexibility index (Phi) is 7.35. The molecule has 2 aromatic carbocycles. The summed E-state index contributed by atoms with van der Waals surface area (Å²) in [6, 6.07) is 11.2. The Labute approximate surface area is 140 Å². The van der Waals surface area contributed by atoms with Crippen LogP contribution in [0.25, 0.3) is 0 Å². The Morgan fingerprint density at radius 2 is 0.889 bits per heavy atom. The zero-order valence-corrected chi connectivity index (χ0v) is 14.5. The van der Waals surface area contributed by atoms with E-state index >= 15 is 0 Å². The van der Waals surface area contributed by atoms with E-state index < -0.39 is 0 Å². The molecule has 18 heavy (non-hydrogen) atoms. The fourth-order valence-corrected chi connectivity index (χ4v) is 2.89. The van der Waals surface area contributed by atoms with Gasteiger partial charge in [0.1, 0.15) is 0 Å². The molecular weight excluding hydrogens is 337 g/mol. The molecule has 0 aromatic heterocycles. The first-order valence-electron chi connectivity index (χ1n) is 4.81. The van der Waals surface area contributed by atoms with E-state index in [1.165, 1.54) is 0 Å². The molecular formula is C12H12S6. The quantitative estimate of drug-likeness (QED) is 0.350. The summed E-state index contributed by atoms with van der Waals surface area (Å²) in [7, 11) is 0. The predicted octanol–water partition coefficient (Wildman–Crippen LogP) is 5.11. The molecule has 0 saturated heterocycles. The van der Waals surface area contributed by atoms with Crippen molar-refractivity contribution >= 4 is 75.8 Å². The van der Waals surface area contributed by atoms with Gasteiger partial charge >= 0.3 is 0 Å². The van der Waals surface area contributed by atoms with Crippen molar-refractivity contribution in [3.63, 3.8) is 0 Å². The molecule has 0 amide bonds. The van der Waals surface area contributed by atoms with E-state index in [0.717, 1.165) is 29.4 Å². The van der Waals surface area contributed by atoms with E-state index in [1.807, 2.05) is 36.4 Å². The number of benzene rings is 2. The summed E-state index contributed by atoms with van der Waals surface area (Å²) in [4.78, 5) is 5.35. The van der Waals surface area contributed by atoms with Crippen molar-refractivity contribution in [3.8, 4) is 0 Å². The fraction of sp³-hybridized carbons (Fsp3) is 0. The second-order valence-electron chi connectivity index (χ2n) is 3.38. The number of rotatable bonds is 0. The smallest absolute Gasteiger partial charge is 0.0185 e. The van der Waals surface area contributed by atoms with Gasteiger partial charge in [0.2, 0.25) is 0 Å². The molecule has 0 atom stereocenters. The monoisotopic (exact) mass is 348 g/mol. The molecule has 6 heteroatoms. The third-order valence-corrected chi connectivity index (χ3v) is 3.84. The molecule has 0 bridgehead atoms. The molecule has 0 aliphatic heterocycles. The lowest BCUT2D eigenvalue weighted by molar-refractivity contribution is 1.21. The van der Waals surface area contributed by atoms with E-state index in [4.69, 9.17) is 0 Å². The van der Waals surface area contributed by atoms with E-state index in [9.17, 15) is 0 Å². The van der Waals surface area contributed by atoms with Gasteiger partial charge in [-0.2, -0.15) is 0 Å². The van der Waals surface area contributed by atoms with Crippen molar-refractivity contribution in [1.82, 2.24) is 0 Å². The van der Waals surface area contributed by atoms with Crippen molar-refractivity contribution in [2.24, 2.45) is 0 Å².